The number of aliphatic hydroxyl groups is 1. The van der Waals surface area contributed by atoms with Gasteiger partial charge in [0.2, 0.25) is 0 Å². The molecule has 2 nitrogen and oxygen atoms in total. The summed E-state index contributed by atoms with van der Waals surface area (Å²) in [7, 11) is 2.09. The largest absolute Gasteiger partial charge is 0.388 e. The van der Waals surface area contributed by atoms with E-state index in [9.17, 15) is 5.11 Å². The molecule has 1 atom stereocenters. The molecular formula is C18H22BrNO. The second kappa shape index (κ2) is 7.74. The van der Waals surface area contributed by atoms with Gasteiger partial charge in [0.25, 0.3) is 0 Å². The van der Waals surface area contributed by atoms with E-state index >= 15 is 0 Å². The number of benzene rings is 2. The van der Waals surface area contributed by atoms with Gasteiger partial charge in [-0.05, 0) is 43.1 Å². The van der Waals surface area contributed by atoms with Crippen LogP contribution in [0.5, 0.6) is 0 Å². The van der Waals surface area contributed by atoms with Gasteiger partial charge in [-0.2, -0.15) is 0 Å². The van der Waals surface area contributed by atoms with E-state index in [-0.39, 0.29) is 0 Å². The minimum atomic E-state index is -0.395. The summed E-state index contributed by atoms with van der Waals surface area (Å²) in [4.78, 5) is 2.24. The highest BCUT2D eigenvalue weighted by molar-refractivity contribution is 9.10. The third-order valence-corrected chi connectivity index (χ3v) is 4.50. The first-order valence-corrected chi connectivity index (χ1v) is 8.03. The topological polar surface area (TPSA) is 23.5 Å². The van der Waals surface area contributed by atoms with E-state index in [0.29, 0.717) is 0 Å². The quantitative estimate of drug-likeness (QED) is 0.841. The van der Waals surface area contributed by atoms with Crippen molar-refractivity contribution in [1.29, 1.82) is 0 Å². The van der Waals surface area contributed by atoms with E-state index in [1.165, 1.54) is 5.56 Å². The Labute approximate surface area is 135 Å². The van der Waals surface area contributed by atoms with Gasteiger partial charge >= 0.3 is 0 Å². The van der Waals surface area contributed by atoms with E-state index in [0.717, 1.165) is 35.1 Å². The van der Waals surface area contributed by atoms with Crippen LogP contribution in [-0.2, 0) is 6.54 Å². The average Bonchev–Trinajstić information content (AvgIpc) is 2.48. The van der Waals surface area contributed by atoms with Crippen molar-refractivity contribution in [2.45, 2.75) is 26.0 Å². The molecule has 1 N–H and O–H groups in total. The highest BCUT2D eigenvalue weighted by atomic mass is 79.9. The molecule has 0 spiro atoms. The van der Waals surface area contributed by atoms with Crippen LogP contribution >= 0.6 is 15.9 Å². The molecule has 0 aliphatic carbocycles. The first-order chi connectivity index (χ1) is 10.1. The molecule has 0 saturated carbocycles. The number of rotatable bonds is 6. The normalized spacial score (nSPS) is 12.6. The zero-order valence-electron chi connectivity index (χ0n) is 12.6. The molecule has 0 bridgehead atoms. The lowest BCUT2D eigenvalue weighted by atomic mass is 10.0. The summed E-state index contributed by atoms with van der Waals surface area (Å²) in [6.07, 6.45) is 0.346. The molecule has 2 aromatic carbocycles. The summed E-state index contributed by atoms with van der Waals surface area (Å²) in [5.41, 5.74) is 3.45. The molecule has 1 unspecified atom stereocenters. The number of aliphatic hydroxyl groups excluding tert-OH is 1. The zero-order valence-corrected chi connectivity index (χ0v) is 14.2. The van der Waals surface area contributed by atoms with E-state index < -0.39 is 6.10 Å². The number of halogens is 1. The summed E-state index contributed by atoms with van der Waals surface area (Å²) in [5.74, 6) is 0. The Morgan fingerprint density at radius 3 is 2.48 bits per heavy atom. The van der Waals surface area contributed by atoms with Crippen molar-refractivity contribution in [3.8, 4) is 0 Å². The molecule has 0 aromatic heterocycles. The first-order valence-electron chi connectivity index (χ1n) is 7.23. The molecular weight excluding hydrogens is 326 g/mol. The lowest BCUT2D eigenvalue weighted by Crippen LogP contribution is -2.21. The van der Waals surface area contributed by atoms with Crippen LogP contribution in [0.3, 0.4) is 0 Å². The average molecular weight is 348 g/mol. The highest BCUT2D eigenvalue weighted by Crippen LogP contribution is 2.21. The molecule has 0 aliphatic rings. The maximum absolute atomic E-state index is 10.3. The standard InChI is InChI=1S/C18H22BrNO/c1-14-7-3-5-9-16(14)18(21)11-12-20(2)13-15-8-4-6-10-17(15)19/h3-10,18,21H,11-13H2,1-2H3. The molecule has 0 amide bonds. The fourth-order valence-electron chi connectivity index (χ4n) is 2.46. The molecule has 2 aromatic rings. The van der Waals surface area contributed by atoms with Gasteiger partial charge < -0.3 is 10.0 Å². The summed E-state index contributed by atoms with van der Waals surface area (Å²) in [5, 5.41) is 10.3. The molecule has 21 heavy (non-hydrogen) atoms. The third kappa shape index (κ3) is 4.67. The molecule has 0 saturated heterocycles. The van der Waals surface area contributed by atoms with Crippen LogP contribution in [0.15, 0.2) is 53.0 Å². The maximum atomic E-state index is 10.3. The van der Waals surface area contributed by atoms with Crippen molar-refractivity contribution in [3.63, 3.8) is 0 Å². The number of hydrogen-bond donors (Lipinski definition) is 1. The summed E-state index contributed by atoms with van der Waals surface area (Å²) in [6, 6.07) is 16.3. The van der Waals surface area contributed by atoms with Crippen LogP contribution in [0.2, 0.25) is 0 Å². The Balaban J connectivity index is 1.88. The molecule has 0 heterocycles. The lowest BCUT2D eigenvalue weighted by molar-refractivity contribution is 0.147. The minimum absolute atomic E-state index is 0.395. The van der Waals surface area contributed by atoms with Gasteiger partial charge in [0.1, 0.15) is 0 Å². The van der Waals surface area contributed by atoms with Gasteiger partial charge in [-0.1, -0.05) is 58.4 Å². The van der Waals surface area contributed by atoms with Crippen molar-refractivity contribution in [3.05, 3.63) is 69.7 Å². The van der Waals surface area contributed by atoms with Crippen molar-refractivity contribution in [2.24, 2.45) is 0 Å². The van der Waals surface area contributed by atoms with Crippen LogP contribution in [0, 0.1) is 6.92 Å². The van der Waals surface area contributed by atoms with Crippen LogP contribution in [0.25, 0.3) is 0 Å². The predicted molar refractivity (Wildman–Crippen MR) is 91.2 cm³/mol. The summed E-state index contributed by atoms with van der Waals surface area (Å²) >= 11 is 3.58. The van der Waals surface area contributed by atoms with Crippen LogP contribution in [0.4, 0.5) is 0 Å². The second-order valence-electron chi connectivity index (χ2n) is 5.49. The Morgan fingerprint density at radius 1 is 1.10 bits per heavy atom. The Bertz CT molecular complexity index is 585. The molecule has 0 fully saturated rings. The van der Waals surface area contributed by atoms with E-state index in [2.05, 4.69) is 46.1 Å². The van der Waals surface area contributed by atoms with Crippen molar-refractivity contribution in [2.75, 3.05) is 13.6 Å². The Kier molecular flexibility index (Phi) is 5.97. The van der Waals surface area contributed by atoms with Crippen LogP contribution < -0.4 is 0 Å². The maximum Gasteiger partial charge on any atom is 0.0804 e. The SMILES string of the molecule is Cc1ccccc1C(O)CCN(C)Cc1ccccc1Br. The molecule has 3 heteroatoms. The summed E-state index contributed by atoms with van der Waals surface area (Å²) in [6.45, 7) is 3.78. The van der Waals surface area contributed by atoms with Gasteiger partial charge in [0.05, 0.1) is 6.10 Å². The smallest absolute Gasteiger partial charge is 0.0804 e. The fourth-order valence-corrected chi connectivity index (χ4v) is 2.87. The van der Waals surface area contributed by atoms with Crippen LogP contribution in [0.1, 0.15) is 29.2 Å². The Morgan fingerprint density at radius 2 is 1.76 bits per heavy atom. The van der Waals surface area contributed by atoms with Gasteiger partial charge in [0.15, 0.2) is 0 Å². The molecule has 0 aliphatic heterocycles. The van der Waals surface area contributed by atoms with Gasteiger partial charge in [-0.25, -0.2) is 0 Å². The molecule has 112 valence electrons. The highest BCUT2D eigenvalue weighted by Gasteiger charge is 2.11. The fraction of sp³-hybridized carbons (Fsp3) is 0.333. The predicted octanol–water partition coefficient (Wildman–Crippen LogP) is 4.31. The second-order valence-corrected chi connectivity index (χ2v) is 6.34. The first kappa shape index (κ1) is 16.2. The van der Waals surface area contributed by atoms with E-state index in [1.807, 2.05) is 37.3 Å². The summed E-state index contributed by atoms with van der Waals surface area (Å²) < 4.78 is 1.14. The van der Waals surface area contributed by atoms with Gasteiger partial charge in [-0.15, -0.1) is 0 Å². The monoisotopic (exact) mass is 347 g/mol. The number of hydrogen-bond acceptors (Lipinski definition) is 2. The van der Waals surface area contributed by atoms with Gasteiger partial charge in [-0.3, -0.25) is 0 Å². The number of aryl methyl sites for hydroxylation is 1. The minimum Gasteiger partial charge on any atom is -0.388 e. The molecule has 0 radical (unpaired) electrons. The Hall–Kier alpha value is -1.16. The van der Waals surface area contributed by atoms with E-state index in [4.69, 9.17) is 0 Å². The van der Waals surface area contributed by atoms with Crippen molar-refractivity contribution >= 4 is 15.9 Å². The number of nitrogens with zero attached hydrogens (tertiary/aromatic N) is 1. The van der Waals surface area contributed by atoms with Gasteiger partial charge in [0, 0.05) is 17.6 Å². The van der Waals surface area contributed by atoms with Crippen molar-refractivity contribution in [1.82, 2.24) is 4.90 Å². The lowest BCUT2D eigenvalue weighted by Gasteiger charge is -2.20. The van der Waals surface area contributed by atoms with Crippen LogP contribution in [-0.4, -0.2) is 23.6 Å². The van der Waals surface area contributed by atoms with Crippen molar-refractivity contribution < 1.29 is 5.11 Å². The zero-order chi connectivity index (χ0) is 15.2. The third-order valence-electron chi connectivity index (χ3n) is 3.73. The molecule has 2 rings (SSSR count). The van der Waals surface area contributed by atoms with E-state index in [1.54, 1.807) is 0 Å².